The van der Waals surface area contributed by atoms with Gasteiger partial charge in [-0.1, -0.05) is 0 Å². The number of carbonyl (C=O) groups is 2. The van der Waals surface area contributed by atoms with Gasteiger partial charge in [0, 0.05) is 18.0 Å². The third-order valence-corrected chi connectivity index (χ3v) is 2.67. The Morgan fingerprint density at radius 2 is 2.18 bits per heavy atom. The summed E-state index contributed by atoms with van der Waals surface area (Å²) in [6, 6.07) is 3.58. The van der Waals surface area contributed by atoms with Crippen LogP contribution in [0.3, 0.4) is 0 Å². The van der Waals surface area contributed by atoms with Gasteiger partial charge in [0.2, 0.25) is 5.91 Å². The Bertz CT molecular complexity index is 451. The molecule has 6 heteroatoms. The molecule has 3 N–H and O–H groups in total. The number of benzene rings is 1. The number of hydrogen-bond acceptors (Lipinski definition) is 2. The molecule has 4 nitrogen and oxygen atoms in total. The van der Waals surface area contributed by atoms with Crippen molar-refractivity contribution in [1.29, 1.82) is 0 Å². The summed E-state index contributed by atoms with van der Waals surface area (Å²) >= 11 is 2.99. The van der Waals surface area contributed by atoms with Crippen LogP contribution in [0.15, 0.2) is 22.7 Å². The van der Waals surface area contributed by atoms with Gasteiger partial charge in [-0.2, -0.15) is 0 Å². The number of nitrogens with two attached hydrogens (primary N) is 1. The highest BCUT2D eigenvalue weighted by Crippen LogP contribution is 2.16. The van der Waals surface area contributed by atoms with Crippen molar-refractivity contribution in [2.75, 3.05) is 0 Å². The van der Waals surface area contributed by atoms with E-state index in [2.05, 4.69) is 21.2 Å². The van der Waals surface area contributed by atoms with Gasteiger partial charge in [-0.15, -0.1) is 0 Å². The summed E-state index contributed by atoms with van der Waals surface area (Å²) in [5, 5.41) is 2.59. The van der Waals surface area contributed by atoms with Gasteiger partial charge in [-0.05, 0) is 41.1 Å². The first-order chi connectivity index (χ1) is 7.90. The minimum absolute atomic E-state index is 0.0636. The van der Waals surface area contributed by atoms with Gasteiger partial charge >= 0.3 is 0 Å². The number of carbonyl (C=O) groups excluding carboxylic acids is 2. The highest BCUT2D eigenvalue weighted by atomic mass is 79.9. The van der Waals surface area contributed by atoms with E-state index in [0.717, 1.165) is 0 Å². The van der Waals surface area contributed by atoms with E-state index in [1.807, 2.05) is 0 Å². The fourth-order valence-corrected chi connectivity index (χ4v) is 1.68. The molecule has 0 fully saturated rings. The number of amides is 2. The van der Waals surface area contributed by atoms with Crippen molar-refractivity contribution in [2.45, 2.75) is 19.4 Å². The largest absolute Gasteiger partial charge is 0.370 e. The molecule has 0 saturated heterocycles. The van der Waals surface area contributed by atoms with Crippen LogP contribution in [0, 0.1) is 5.82 Å². The monoisotopic (exact) mass is 302 g/mol. The average molecular weight is 303 g/mol. The lowest BCUT2D eigenvalue weighted by molar-refractivity contribution is -0.118. The summed E-state index contributed by atoms with van der Waals surface area (Å²) < 4.78 is 13.2. The molecule has 2 amide bonds. The lowest BCUT2D eigenvalue weighted by Gasteiger charge is -2.12. The van der Waals surface area contributed by atoms with E-state index >= 15 is 0 Å². The van der Waals surface area contributed by atoms with Crippen LogP contribution in [0.4, 0.5) is 4.39 Å². The smallest absolute Gasteiger partial charge is 0.251 e. The summed E-state index contributed by atoms with van der Waals surface area (Å²) in [5.74, 6) is -1.30. The van der Waals surface area contributed by atoms with E-state index in [1.54, 1.807) is 6.92 Å². The van der Waals surface area contributed by atoms with Crippen molar-refractivity contribution in [2.24, 2.45) is 5.73 Å². The zero-order chi connectivity index (χ0) is 13.0. The maximum absolute atomic E-state index is 13.0. The Balaban J connectivity index is 2.70. The molecule has 92 valence electrons. The molecule has 0 aromatic heterocycles. The third kappa shape index (κ3) is 4.14. The second kappa shape index (κ2) is 5.77. The summed E-state index contributed by atoms with van der Waals surface area (Å²) in [4.78, 5) is 22.3. The van der Waals surface area contributed by atoms with Gasteiger partial charge in [-0.25, -0.2) is 4.39 Å². The SMILES string of the molecule is CC(CC(N)=O)NC(=O)c1ccc(F)c(Br)c1. The summed E-state index contributed by atoms with van der Waals surface area (Å²) in [6.45, 7) is 1.67. The molecule has 1 rings (SSSR count). The van der Waals surface area contributed by atoms with Gasteiger partial charge in [0.1, 0.15) is 5.82 Å². The van der Waals surface area contributed by atoms with Crippen molar-refractivity contribution < 1.29 is 14.0 Å². The van der Waals surface area contributed by atoms with Crippen LogP contribution in [0.1, 0.15) is 23.7 Å². The van der Waals surface area contributed by atoms with Crippen LogP contribution in [0.25, 0.3) is 0 Å². The van der Waals surface area contributed by atoms with Crippen molar-refractivity contribution in [3.8, 4) is 0 Å². The van der Waals surface area contributed by atoms with Crippen LogP contribution < -0.4 is 11.1 Å². The van der Waals surface area contributed by atoms with Gasteiger partial charge in [0.15, 0.2) is 0 Å². The highest BCUT2D eigenvalue weighted by molar-refractivity contribution is 9.10. The van der Waals surface area contributed by atoms with Gasteiger partial charge in [0.25, 0.3) is 5.91 Å². The number of primary amides is 1. The predicted molar refractivity (Wildman–Crippen MR) is 64.8 cm³/mol. The second-order valence-corrected chi connectivity index (χ2v) is 4.53. The van der Waals surface area contributed by atoms with E-state index < -0.39 is 11.7 Å². The molecule has 0 aliphatic carbocycles. The first-order valence-corrected chi connectivity index (χ1v) is 5.73. The summed E-state index contributed by atoms with van der Waals surface area (Å²) in [6.07, 6.45) is 0.0636. The summed E-state index contributed by atoms with van der Waals surface area (Å²) in [7, 11) is 0. The molecule has 0 aliphatic rings. The first-order valence-electron chi connectivity index (χ1n) is 4.94. The molecule has 0 spiro atoms. The van der Waals surface area contributed by atoms with E-state index in [1.165, 1.54) is 18.2 Å². The molecule has 1 atom stereocenters. The first kappa shape index (κ1) is 13.6. The second-order valence-electron chi connectivity index (χ2n) is 3.67. The zero-order valence-electron chi connectivity index (χ0n) is 9.17. The number of nitrogens with one attached hydrogen (secondary N) is 1. The normalized spacial score (nSPS) is 11.9. The Morgan fingerprint density at radius 3 is 2.71 bits per heavy atom. The molecular weight excluding hydrogens is 291 g/mol. The molecule has 0 aliphatic heterocycles. The zero-order valence-corrected chi connectivity index (χ0v) is 10.8. The minimum Gasteiger partial charge on any atom is -0.370 e. The van der Waals surface area contributed by atoms with Crippen LogP contribution in [-0.2, 0) is 4.79 Å². The fraction of sp³-hybridized carbons (Fsp3) is 0.273. The average Bonchev–Trinajstić information content (AvgIpc) is 2.20. The van der Waals surface area contributed by atoms with Crippen LogP contribution in [0.5, 0.6) is 0 Å². The molecule has 0 bridgehead atoms. The Kier molecular flexibility index (Phi) is 4.62. The van der Waals surface area contributed by atoms with Crippen molar-refractivity contribution in [3.05, 3.63) is 34.1 Å². The molecule has 0 saturated carbocycles. The number of rotatable bonds is 4. The maximum Gasteiger partial charge on any atom is 0.251 e. The lowest BCUT2D eigenvalue weighted by Crippen LogP contribution is -2.35. The topological polar surface area (TPSA) is 72.2 Å². The van der Waals surface area contributed by atoms with E-state index in [0.29, 0.717) is 5.56 Å². The van der Waals surface area contributed by atoms with Crippen molar-refractivity contribution in [3.63, 3.8) is 0 Å². The third-order valence-electron chi connectivity index (χ3n) is 2.07. The Morgan fingerprint density at radius 1 is 1.53 bits per heavy atom. The van der Waals surface area contributed by atoms with Gasteiger partial charge in [0.05, 0.1) is 4.47 Å². The van der Waals surface area contributed by atoms with Gasteiger partial charge in [-0.3, -0.25) is 9.59 Å². The Labute approximate surface area is 107 Å². The van der Waals surface area contributed by atoms with E-state index in [9.17, 15) is 14.0 Å². The molecule has 0 heterocycles. The number of hydrogen-bond donors (Lipinski definition) is 2. The van der Waals surface area contributed by atoms with Crippen molar-refractivity contribution >= 4 is 27.7 Å². The molecule has 1 aromatic rings. The minimum atomic E-state index is -0.488. The van der Waals surface area contributed by atoms with E-state index in [-0.39, 0.29) is 22.8 Å². The summed E-state index contributed by atoms with van der Waals surface area (Å²) in [5.41, 5.74) is 5.32. The molecular formula is C11H12BrFN2O2. The van der Waals surface area contributed by atoms with Crippen LogP contribution in [-0.4, -0.2) is 17.9 Å². The number of halogens is 2. The molecule has 1 aromatic carbocycles. The van der Waals surface area contributed by atoms with Crippen LogP contribution in [0.2, 0.25) is 0 Å². The van der Waals surface area contributed by atoms with Crippen molar-refractivity contribution in [1.82, 2.24) is 5.32 Å². The predicted octanol–water partition coefficient (Wildman–Crippen LogP) is 1.58. The Hall–Kier alpha value is -1.43. The standard InChI is InChI=1S/C11H12BrFN2O2/c1-6(4-10(14)16)15-11(17)7-2-3-9(13)8(12)5-7/h2-3,5-6H,4H2,1H3,(H2,14,16)(H,15,17). The molecule has 0 radical (unpaired) electrons. The highest BCUT2D eigenvalue weighted by Gasteiger charge is 2.12. The maximum atomic E-state index is 13.0. The lowest BCUT2D eigenvalue weighted by atomic mass is 10.1. The van der Waals surface area contributed by atoms with Gasteiger partial charge < -0.3 is 11.1 Å². The quantitative estimate of drug-likeness (QED) is 0.886. The molecule has 17 heavy (non-hydrogen) atoms. The van der Waals surface area contributed by atoms with E-state index in [4.69, 9.17) is 5.73 Å². The molecule has 1 unspecified atom stereocenters. The van der Waals surface area contributed by atoms with Crippen LogP contribution >= 0.6 is 15.9 Å². The fourth-order valence-electron chi connectivity index (χ4n) is 1.30.